The van der Waals surface area contributed by atoms with Gasteiger partial charge in [0.1, 0.15) is 24.2 Å². The van der Waals surface area contributed by atoms with Crippen LogP contribution in [0.2, 0.25) is 0 Å². The van der Waals surface area contributed by atoms with E-state index in [0.29, 0.717) is 5.75 Å². The van der Waals surface area contributed by atoms with Crippen LogP contribution in [0.15, 0.2) is 10.5 Å². The number of nitrogens with two attached hydrogens (primary N) is 1. The van der Waals surface area contributed by atoms with Gasteiger partial charge in [-0.2, -0.15) is 0 Å². The number of hydrogen-bond acceptors (Lipinski definition) is 11. The number of esters is 1. The molecule has 4 atom stereocenters. The number of thiazole rings is 1. The molecule has 3 saturated heterocycles. The number of ether oxygens (including phenoxy) is 1. The van der Waals surface area contributed by atoms with E-state index in [2.05, 4.69) is 20.3 Å². The number of oxime groups is 1. The Kier molecular flexibility index (Phi) is 4.61. The molecule has 2 amide bonds. The fraction of sp³-hybridized carbons (Fsp3) is 0.467. The summed E-state index contributed by atoms with van der Waals surface area (Å²) in [6, 6.07) is -1.01. The molecule has 0 aromatic carbocycles. The second-order valence-corrected chi connectivity index (χ2v) is 8.49. The van der Waals surface area contributed by atoms with Crippen molar-refractivity contribution in [3.05, 3.63) is 11.1 Å². The van der Waals surface area contributed by atoms with Gasteiger partial charge in [-0.25, -0.2) is 9.78 Å². The van der Waals surface area contributed by atoms with Crippen LogP contribution in [0.3, 0.4) is 0 Å². The van der Waals surface area contributed by atoms with Crippen molar-refractivity contribution in [3.63, 3.8) is 0 Å². The van der Waals surface area contributed by atoms with Gasteiger partial charge in [-0.15, -0.1) is 23.1 Å². The molecule has 0 spiro atoms. The summed E-state index contributed by atoms with van der Waals surface area (Å²) < 4.78 is 5.10. The van der Waals surface area contributed by atoms with Crippen LogP contribution in [0.4, 0.5) is 5.13 Å². The third-order valence-electron chi connectivity index (χ3n) is 4.86. The van der Waals surface area contributed by atoms with E-state index in [-0.39, 0.29) is 23.0 Å². The molecule has 1 aromatic heterocycles. The summed E-state index contributed by atoms with van der Waals surface area (Å²) in [6.45, 7) is 0. The summed E-state index contributed by atoms with van der Waals surface area (Å²) in [7, 11) is 1.25. The Labute approximate surface area is 171 Å². The van der Waals surface area contributed by atoms with E-state index >= 15 is 0 Å². The van der Waals surface area contributed by atoms with E-state index in [1.807, 2.05) is 0 Å². The number of aliphatic carboxylic acids is 1. The molecule has 3 aliphatic heterocycles. The van der Waals surface area contributed by atoms with Crippen LogP contribution in [0.5, 0.6) is 0 Å². The molecule has 0 bridgehead atoms. The van der Waals surface area contributed by atoms with Gasteiger partial charge in [-0.1, -0.05) is 5.16 Å². The van der Waals surface area contributed by atoms with Crippen LogP contribution < -0.4 is 11.1 Å². The minimum absolute atomic E-state index is 0.0806. The molecule has 3 fully saturated rings. The van der Waals surface area contributed by atoms with Gasteiger partial charge in [0.2, 0.25) is 0 Å². The summed E-state index contributed by atoms with van der Waals surface area (Å²) in [6.07, 6.45) is -0.0806. The van der Waals surface area contributed by atoms with E-state index in [9.17, 15) is 24.3 Å². The summed E-state index contributed by atoms with van der Waals surface area (Å²) in [5.41, 5.74) is 3.56. The summed E-state index contributed by atoms with van der Waals surface area (Å²) in [5, 5.41) is 16.9. The maximum atomic E-state index is 12.8. The number of rotatable bonds is 5. The number of carboxylic acid groups (broad SMARTS) is 1. The Balaban J connectivity index is 1.56. The molecule has 14 heteroatoms. The Hall–Kier alpha value is -2.87. The van der Waals surface area contributed by atoms with Crippen molar-refractivity contribution >= 4 is 57.7 Å². The number of carbonyl (C=O) groups is 4. The number of nitrogen functional groups attached to an aromatic ring is 1. The highest BCUT2D eigenvalue weighted by atomic mass is 32.2. The van der Waals surface area contributed by atoms with Gasteiger partial charge >= 0.3 is 11.9 Å². The smallest absolute Gasteiger partial charge is 0.370 e. The molecule has 29 heavy (non-hydrogen) atoms. The predicted molar refractivity (Wildman–Crippen MR) is 99.7 cm³/mol. The van der Waals surface area contributed by atoms with Gasteiger partial charge in [-0.05, 0) is 0 Å². The van der Waals surface area contributed by atoms with Gasteiger partial charge in [0.05, 0.1) is 6.42 Å². The highest BCUT2D eigenvalue weighted by Crippen LogP contribution is 2.51. The quantitative estimate of drug-likeness (QED) is 0.218. The van der Waals surface area contributed by atoms with E-state index < -0.39 is 46.8 Å². The third-order valence-corrected chi connectivity index (χ3v) is 6.95. The predicted octanol–water partition coefficient (Wildman–Crippen LogP) is -1.18. The maximum Gasteiger partial charge on any atom is 0.370 e. The zero-order valence-corrected chi connectivity index (χ0v) is 16.5. The third kappa shape index (κ3) is 2.81. The lowest BCUT2D eigenvalue weighted by Gasteiger charge is -2.56. The molecule has 0 aliphatic carbocycles. The number of carboxylic acids is 1. The number of thioether (sulfide) groups is 1. The maximum absolute atomic E-state index is 12.8. The lowest BCUT2D eigenvalue weighted by Crippen LogP contribution is -2.80. The number of β-lactam (4-membered cyclic amide) rings is 1. The molecule has 12 nitrogen and oxygen atoms in total. The Morgan fingerprint density at radius 1 is 1.52 bits per heavy atom. The highest BCUT2D eigenvalue weighted by molar-refractivity contribution is 8.00. The summed E-state index contributed by atoms with van der Waals surface area (Å²) in [5.74, 6) is -3.83. The molecule has 3 aliphatic rings. The van der Waals surface area contributed by atoms with E-state index in [1.165, 1.54) is 24.3 Å². The SMILES string of the molecule is CO/N=C(\C(=O)N[C@@H]1C(=O)N2C1SC[C@H]1CC(=O)O[C@]12C(=O)O)c1csc(N)n1. The second-order valence-electron chi connectivity index (χ2n) is 6.45. The van der Waals surface area contributed by atoms with Crippen molar-refractivity contribution in [2.45, 2.75) is 23.6 Å². The van der Waals surface area contributed by atoms with Crippen LogP contribution in [0.25, 0.3) is 0 Å². The minimum atomic E-state index is -2.03. The van der Waals surface area contributed by atoms with Crippen molar-refractivity contribution in [3.8, 4) is 0 Å². The second kappa shape index (κ2) is 6.88. The number of hydrogen-bond donors (Lipinski definition) is 3. The van der Waals surface area contributed by atoms with Gasteiger partial charge in [0.15, 0.2) is 10.8 Å². The zero-order chi connectivity index (χ0) is 20.9. The Morgan fingerprint density at radius 2 is 2.28 bits per heavy atom. The number of carbonyl (C=O) groups excluding carboxylic acids is 3. The highest BCUT2D eigenvalue weighted by Gasteiger charge is 2.71. The molecular formula is C15H15N5O7S2. The van der Waals surface area contributed by atoms with E-state index in [0.717, 1.165) is 16.2 Å². The Morgan fingerprint density at radius 3 is 2.90 bits per heavy atom. The molecule has 1 unspecified atom stereocenters. The largest absolute Gasteiger partial charge is 0.477 e. The first kappa shape index (κ1) is 19.4. The number of nitrogens with zero attached hydrogens (tertiary/aromatic N) is 3. The lowest BCUT2D eigenvalue weighted by molar-refractivity contribution is -0.215. The number of aromatic nitrogens is 1. The van der Waals surface area contributed by atoms with Crippen molar-refractivity contribution in [2.75, 3.05) is 18.6 Å². The first-order chi connectivity index (χ1) is 13.8. The molecule has 4 N–H and O–H groups in total. The lowest BCUT2D eigenvalue weighted by atomic mass is 9.89. The van der Waals surface area contributed by atoms with Crippen molar-refractivity contribution in [1.29, 1.82) is 0 Å². The van der Waals surface area contributed by atoms with Gasteiger partial charge in [0.25, 0.3) is 17.5 Å². The first-order valence-electron chi connectivity index (χ1n) is 8.33. The summed E-state index contributed by atoms with van der Waals surface area (Å²) in [4.78, 5) is 58.8. The molecular weight excluding hydrogens is 426 g/mol. The minimum Gasteiger partial charge on any atom is -0.477 e. The molecule has 1 aromatic rings. The number of amides is 2. The first-order valence-corrected chi connectivity index (χ1v) is 10.3. The van der Waals surface area contributed by atoms with Crippen molar-refractivity contribution in [2.24, 2.45) is 11.1 Å². The van der Waals surface area contributed by atoms with E-state index in [1.54, 1.807) is 0 Å². The molecule has 0 saturated carbocycles. The van der Waals surface area contributed by atoms with Crippen LogP contribution in [0.1, 0.15) is 12.1 Å². The van der Waals surface area contributed by atoms with Gasteiger partial charge < -0.3 is 25.7 Å². The fourth-order valence-corrected chi connectivity index (χ4v) is 5.72. The van der Waals surface area contributed by atoms with E-state index in [4.69, 9.17) is 10.5 Å². The molecule has 0 radical (unpaired) electrons. The average molecular weight is 441 g/mol. The standard InChI is InChI=1S/C15H15N5O7S2/c1-26-19-8(6-4-29-14(16)17-6)10(22)18-9-11(23)20-12(9)28-3-5-2-7(21)27-15(5,20)13(24)25/h4-5,9,12H,2-3H2,1H3,(H2,16,17)(H,18,22)(H,24,25)/b19-8-/t5-,9-,12?,15+/m1/s1. The topological polar surface area (TPSA) is 174 Å². The van der Waals surface area contributed by atoms with Crippen LogP contribution in [-0.2, 0) is 28.8 Å². The van der Waals surface area contributed by atoms with Crippen LogP contribution in [-0.4, -0.2) is 74.5 Å². The number of anilines is 1. The average Bonchev–Trinajstić information content (AvgIpc) is 3.25. The molecule has 4 heterocycles. The van der Waals surface area contributed by atoms with Gasteiger partial charge in [-0.3, -0.25) is 19.3 Å². The monoisotopic (exact) mass is 441 g/mol. The number of fused-ring (bicyclic) bond motifs is 3. The van der Waals surface area contributed by atoms with Crippen LogP contribution >= 0.6 is 23.1 Å². The zero-order valence-electron chi connectivity index (χ0n) is 14.9. The number of nitrogens with one attached hydrogen (secondary N) is 1. The molecule has 4 rings (SSSR count). The summed E-state index contributed by atoms with van der Waals surface area (Å²) >= 11 is 2.38. The normalized spacial score (nSPS) is 30.7. The molecule has 154 valence electrons. The fourth-order valence-electron chi connectivity index (χ4n) is 3.61. The van der Waals surface area contributed by atoms with Crippen molar-refractivity contribution < 1.29 is 33.9 Å². The van der Waals surface area contributed by atoms with Gasteiger partial charge in [0, 0.05) is 17.1 Å². The van der Waals surface area contributed by atoms with Crippen LogP contribution in [0, 0.1) is 5.92 Å². The Bertz CT molecular complexity index is 949. The van der Waals surface area contributed by atoms with Crippen molar-refractivity contribution in [1.82, 2.24) is 15.2 Å².